The summed E-state index contributed by atoms with van der Waals surface area (Å²) in [7, 11) is -1.78. The molecule has 0 bridgehead atoms. The van der Waals surface area contributed by atoms with Crippen molar-refractivity contribution in [1.29, 1.82) is 0 Å². The predicted molar refractivity (Wildman–Crippen MR) is 110 cm³/mol. The molecule has 1 aliphatic carbocycles. The number of benzene rings is 1. The molecule has 2 unspecified atom stereocenters. The molecule has 7 heteroatoms. The van der Waals surface area contributed by atoms with Crippen molar-refractivity contribution in [3.8, 4) is 0 Å². The van der Waals surface area contributed by atoms with Crippen molar-refractivity contribution < 1.29 is 8.42 Å². The Kier molecular flexibility index (Phi) is 5.85. The number of aromatic nitrogens is 2. The average molecular weight is 403 g/mol. The average Bonchev–Trinajstić information content (AvgIpc) is 3.43. The largest absolute Gasteiger partial charge is 0.339 e. The van der Waals surface area contributed by atoms with Gasteiger partial charge in [0.25, 0.3) is 10.0 Å². The van der Waals surface area contributed by atoms with E-state index in [2.05, 4.69) is 22.4 Å². The topological polar surface area (TPSA) is 67.2 Å². The lowest BCUT2D eigenvalue weighted by Gasteiger charge is -2.21. The minimum Gasteiger partial charge on any atom is -0.339 e. The van der Waals surface area contributed by atoms with Gasteiger partial charge in [-0.1, -0.05) is 56.0 Å². The number of rotatable bonds is 7. The molecule has 2 aromatic rings. The van der Waals surface area contributed by atoms with E-state index in [-0.39, 0.29) is 17.0 Å². The summed E-state index contributed by atoms with van der Waals surface area (Å²) in [5.74, 6) is 0.987. The minimum absolute atomic E-state index is 0.127. The van der Waals surface area contributed by atoms with E-state index >= 15 is 0 Å². The van der Waals surface area contributed by atoms with Crippen LogP contribution in [0.3, 0.4) is 0 Å². The Hall–Kier alpha value is -1.70. The summed E-state index contributed by atoms with van der Waals surface area (Å²) < 4.78 is 29.4. The van der Waals surface area contributed by atoms with Crippen LogP contribution in [0.5, 0.6) is 0 Å². The number of hydrogen-bond acceptors (Lipinski definition) is 4. The van der Waals surface area contributed by atoms with Gasteiger partial charge in [0.1, 0.15) is 0 Å². The fourth-order valence-electron chi connectivity index (χ4n) is 4.64. The van der Waals surface area contributed by atoms with Crippen LogP contribution >= 0.6 is 0 Å². The Labute approximate surface area is 168 Å². The van der Waals surface area contributed by atoms with Gasteiger partial charge in [0, 0.05) is 38.3 Å². The Morgan fingerprint density at radius 3 is 2.57 bits per heavy atom. The van der Waals surface area contributed by atoms with Gasteiger partial charge in [-0.25, -0.2) is 13.4 Å². The van der Waals surface area contributed by atoms with E-state index in [4.69, 9.17) is 0 Å². The summed E-state index contributed by atoms with van der Waals surface area (Å²) in [4.78, 5) is 4.08. The maximum absolute atomic E-state index is 13.1. The highest BCUT2D eigenvalue weighted by Crippen LogP contribution is 2.32. The number of sulfonamides is 1. The molecule has 2 atom stereocenters. The molecule has 1 saturated heterocycles. The standard InChI is InChI=1S/C21H30N4O2S/c1-24-15-21(23-16-24)28(26,27)25-13-19(18-9-3-2-4-10-18)20(14-25)22-12-11-17-7-5-6-8-17/h2-4,9-10,15-17,19-20,22H,5-8,11-14H2,1H3. The monoisotopic (exact) mass is 402 g/mol. The lowest BCUT2D eigenvalue weighted by atomic mass is 9.94. The summed E-state index contributed by atoms with van der Waals surface area (Å²) in [5, 5.41) is 3.82. The van der Waals surface area contributed by atoms with Crippen molar-refractivity contribution in [1.82, 2.24) is 19.2 Å². The first-order valence-corrected chi connectivity index (χ1v) is 11.7. The second kappa shape index (κ2) is 8.35. The fraction of sp³-hybridized carbons (Fsp3) is 0.571. The van der Waals surface area contributed by atoms with E-state index in [1.165, 1.54) is 44.0 Å². The number of hydrogen-bond donors (Lipinski definition) is 1. The number of nitrogens with zero attached hydrogens (tertiary/aromatic N) is 3. The molecule has 0 spiro atoms. The van der Waals surface area contributed by atoms with Crippen LogP contribution in [0, 0.1) is 5.92 Å². The zero-order valence-electron chi connectivity index (χ0n) is 16.5. The molecule has 152 valence electrons. The molecule has 1 aromatic carbocycles. The highest BCUT2D eigenvalue weighted by molar-refractivity contribution is 7.89. The second-order valence-electron chi connectivity index (χ2n) is 8.22. The van der Waals surface area contributed by atoms with Crippen LogP contribution in [0.4, 0.5) is 0 Å². The van der Waals surface area contributed by atoms with E-state index < -0.39 is 10.0 Å². The van der Waals surface area contributed by atoms with Gasteiger partial charge in [-0.05, 0) is 24.4 Å². The van der Waals surface area contributed by atoms with Gasteiger partial charge in [0.15, 0.2) is 5.03 Å². The number of aryl methyl sites for hydroxylation is 1. The maximum atomic E-state index is 13.1. The van der Waals surface area contributed by atoms with Crippen LogP contribution < -0.4 is 5.32 Å². The Balaban J connectivity index is 1.49. The lowest BCUT2D eigenvalue weighted by molar-refractivity contribution is 0.423. The molecular formula is C21H30N4O2S. The van der Waals surface area contributed by atoms with Crippen LogP contribution in [0.1, 0.15) is 43.6 Å². The van der Waals surface area contributed by atoms with E-state index in [1.807, 2.05) is 18.2 Å². The summed E-state index contributed by atoms with van der Waals surface area (Å²) in [6.45, 7) is 1.93. The van der Waals surface area contributed by atoms with Gasteiger partial charge in [0.2, 0.25) is 0 Å². The third-order valence-corrected chi connectivity index (χ3v) is 7.95. The molecule has 0 radical (unpaired) electrons. The summed E-state index contributed by atoms with van der Waals surface area (Å²) >= 11 is 0. The molecular weight excluding hydrogens is 372 g/mol. The first-order valence-electron chi connectivity index (χ1n) is 10.3. The Morgan fingerprint density at radius 1 is 1.14 bits per heavy atom. The molecule has 2 heterocycles. The molecule has 1 aromatic heterocycles. The quantitative estimate of drug-likeness (QED) is 0.773. The molecule has 1 saturated carbocycles. The van der Waals surface area contributed by atoms with Gasteiger partial charge in [-0.3, -0.25) is 0 Å². The fourth-order valence-corrected chi connectivity index (χ4v) is 6.09. The van der Waals surface area contributed by atoms with Gasteiger partial charge in [0.05, 0.1) is 6.33 Å². The third kappa shape index (κ3) is 4.16. The van der Waals surface area contributed by atoms with Gasteiger partial charge >= 0.3 is 0 Å². The zero-order valence-corrected chi connectivity index (χ0v) is 17.3. The summed E-state index contributed by atoms with van der Waals surface area (Å²) in [6, 6.07) is 10.4. The van der Waals surface area contributed by atoms with E-state index in [0.717, 1.165) is 12.5 Å². The molecule has 6 nitrogen and oxygen atoms in total. The molecule has 2 fully saturated rings. The molecule has 4 rings (SSSR count). The molecule has 0 amide bonds. The van der Waals surface area contributed by atoms with E-state index in [0.29, 0.717) is 13.1 Å². The summed E-state index contributed by atoms with van der Waals surface area (Å²) in [5.41, 5.74) is 1.19. The van der Waals surface area contributed by atoms with Crippen molar-refractivity contribution in [2.45, 2.75) is 49.1 Å². The predicted octanol–water partition coefficient (Wildman–Crippen LogP) is 2.75. The molecule has 1 N–H and O–H groups in total. The first kappa shape index (κ1) is 19.6. The van der Waals surface area contributed by atoms with Crippen molar-refractivity contribution >= 4 is 10.0 Å². The van der Waals surface area contributed by atoms with Crippen molar-refractivity contribution in [3.05, 3.63) is 48.4 Å². The maximum Gasteiger partial charge on any atom is 0.262 e. The van der Waals surface area contributed by atoms with Crippen LogP contribution in [0.15, 0.2) is 47.9 Å². The SMILES string of the molecule is Cn1cnc(S(=O)(=O)N2CC(NCCC3CCCC3)C(c3ccccc3)C2)c1. The van der Waals surface area contributed by atoms with Gasteiger partial charge < -0.3 is 9.88 Å². The van der Waals surface area contributed by atoms with E-state index in [9.17, 15) is 8.42 Å². The van der Waals surface area contributed by atoms with Crippen molar-refractivity contribution in [2.75, 3.05) is 19.6 Å². The van der Waals surface area contributed by atoms with Gasteiger partial charge in [-0.2, -0.15) is 4.31 Å². The zero-order chi connectivity index (χ0) is 19.6. The lowest BCUT2D eigenvalue weighted by Crippen LogP contribution is -2.37. The highest BCUT2D eigenvalue weighted by Gasteiger charge is 2.40. The molecule has 1 aliphatic heterocycles. The van der Waals surface area contributed by atoms with Gasteiger partial charge in [-0.15, -0.1) is 0 Å². The minimum atomic E-state index is -3.57. The van der Waals surface area contributed by atoms with Crippen molar-refractivity contribution in [3.63, 3.8) is 0 Å². The first-order chi connectivity index (χ1) is 13.5. The number of imidazole rings is 1. The molecule has 2 aliphatic rings. The second-order valence-corrected chi connectivity index (χ2v) is 10.1. The highest BCUT2D eigenvalue weighted by atomic mass is 32.2. The summed E-state index contributed by atoms with van der Waals surface area (Å²) in [6.07, 6.45) is 9.70. The van der Waals surface area contributed by atoms with E-state index in [1.54, 1.807) is 22.1 Å². The van der Waals surface area contributed by atoms with Crippen LogP contribution in [0.25, 0.3) is 0 Å². The third-order valence-electron chi connectivity index (χ3n) is 6.23. The van der Waals surface area contributed by atoms with Crippen LogP contribution in [-0.4, -0.2) is 48.0 Å². The Bertz CT molecular complexity index is 875. The molecule has 28 heavy (non-hydrogen) atoms. The van der Waals surface area contributed by atoms with Crippen LogP contribution in [-0.2, 0) is 17.1 Å². The smallest absolute Gasteiger partial charge is 0.262 e. The normalized spacial score (nSPS) is 24.2. The van der Waals surface area contributed by atoms with Crippen LogP contribution in [0.2, 0.25) is 0 Å². The number of nitrogens with one attached hydrogen (secondary N) is 1. The Morgan fingerprint density at radius 2 is 1.89 bits per heavy atom. The van der Waals surface area contributed by atoms with Crippen molar-refractivity contribution in [2.24, 2.45) is 13.0 Å².